The molecule has 0 radical (unpaired) electrons. The number of morpholine rings is 1. The third-order valence-corrected chi connectivity index (χ3v) is 3.26. The molecule has 0 aliphatic carbocycles. The first-order valence-electron chi connectivity index (χ1n) is 6.54. The molecule has 0 aromatic heterocycles. The fraction of sp³-hybridized carbons (Fsp3) is 0.917. The van der Waals surface area contributed by atoms with E-state index in [0.717, 1.165) is 39.0 Å². The molecule has 2 fully saturated rings. The van der Waals surface area contributed by atoms with Gasteiger partial charge in [-0.3, -0.25) is 4.79 Å². The van der Waals surface area contributed by atoms with Gasteiger partial charge in [0, 0.05) is 32.2 Å². The largest absolute Gasteiger partial charge is 0.378 e. The fourth-order valence-corrected chi connectivity index (χ4v) is 2.24. The first kappa shape index (κ1) is 12.8. The maximum atomic E-state index is 11.6. The highest BCUT2D eigenvalue weighted by atomic mass is 16.5. The van der Waals surface area contributed by atoms with Gasteiger partial charge in [-0.15, -0.1) is 0 Å². The summed E-state index contributed by atoms with van der Waals surface area (Å²) >= 11 is 0. The number of carbonyl (C=O) groups is 1. The van der Waals surface area contributed by atoms with Crippen molar-refractivity contribution in [2.24, 2.45) is 0 Å². The van der Waals surface area contributed by atoms with E-state index >= 15 is 0 Å². The van der Waals surface area contributed by atoms with Gasteiger partial charge < -0.3 is 20.1 Å². The Morgan fingerprint density at radius 1 is 1.41 bits per heavy atom. The summed E-state index contributed by atoms with van der Waals surface area (Å²) in [6.45, 7) is 3.84. The summed E-state index contributed by atoms with van der Waals surface area (Å²) in [7, 11) is 0. The van der Waals surface area contributed by atoms with E-state index in [0.29, 0.717) is 25.7 Å². The molecular formula is C12H22N2O3. The van der Waals surface area contributed by atoms with Crippen LogP contribution in [0.3, 0.4) is 0 Å². The van der Waals surface area contributed by atoms with E-state index in [1.54, 1.807) is 0 Å². The van der Waals surface area contributed by atoms with Gasteiger partial charge in [0.2, 0.25) is 5.91 Å². The zero-order chi connectivity index (χ0) is 11.9. The molecule has 0 bridgehead atoms. The van der Waals surface area contributed by atoms with E-state index in [-0.39, 0.29) is 11.9 Å². The summed E-state index contributed by atoms with van der Waals surface area (Å²) in [5.41, 5.74) is 0. The van der Waals surface area contributed by atoms with Crippen LogP contribution < -0.4 is 10.6 Å². The first-order chi connectivity index (χ1) is 8.34. The van der Waals surface area contributed by atoms with Crippen LogP contribution in [0.1, 0.15) is 25.7 Å². The van der Waals surface area contributed by atoms with Crippen molar-refractivity contribution in [1.82, 2.24) is 10.6 Å². The summed E-state index contributed by atoms with van der Waals surface area (Å²) in [6.07, 6.45) is 3.96. The van der Waals surface area contributed by atoms with Crippen LogP contribution in [0.2, 0.25) is 0 Å². The second kappa shape index (κ2) is 6.93. The number of ether oxygens (including phenoxy) is 2. The van der Waals surface area contributed by atoms with Crippen LogP contribution in [-0.4, -0.2) is 51.0 Å². The highest BCUT2D eigenvalue weighted by Gasteiger charge is 2.17. The van der Waals surface area contributed by atoms with Crippen LogP contribution in [0, 0.1) is 0 Å². The minimum absolute atomic E-state index is 0.118. The maximum Gasteiger partial charge on any atom is 0.220 e. The lowest BCUT2D eigenvalue weighted by Crippen LogP contribution is -2.48. The molecule has 1 amide bonds. The highest BCUT2D eigenvalue weighted by molar-refractivity contribution is 5.75. The van der Waals surface area contributed by atoms with Crippen molar-refractivity contribution >= 4 is 5.91 Å². The Kier molecular flexibility index (Phi) is 5.22. The van der Waals surface area contributed by atoms with Crippen molar-refractivity contribution in [2.45, 2.75) is 37.8 Å². The van der Waals surface area contributed by atoms with Gasteiger partial charge in [-0.05, 0) is 19.3 Å². The van der Waals surface area contributed by atoms with Gasteiger partial charge in [0.25, 0.3) is 0 Å². The second-order valence-electron chi connectivity index (χ2n) is 4.70. The smallest absolute Gasteiger partial charge is 0.220 e. The Labute approximate surface area is 102 Å². The molecule has 2 atom stereocenters. The Morgan fingerprint density at radius 3 is 3.06 bits per heavy atom. The standard InChI is InChI=1S/C12H22N2O3/c15-12(4-3-11-2-1-6-17-11)14-8-10-9-16-7-5-13-10/h10-11,13H,1-9H2,(H,14,15). The lowest BCUT2D eigenvalue weighted by molar-refractivity contribution is -0.121. The van der Waals surface area contributed by atoms with Crippen LogP contribution in [0.25, 0.3) is 0 Å². The predicted octanol–water partition coefficient (Wildman–Crippen LogP) is 0.0502. The monoisotopic (exact) mass is 242 g/mol. The Morgan fingerprint density at radius 2 is 2.35 bits per heavy atom. The molecule has 2 aliphatic heterocycles. The van der Waals surface area contributed by atoms with Gasteiger partial charge >= 0.3 is 0 Å². The lowest BCUT2D eigenvalue weighted by atomic mass is 10.1. The molecule has 5 heteroatoms. The van der Waals surface area contributed by atoms with Crippen LogP contribution in [-0.2, 0) is 14.3 Å². The van der Waals surface area contributed by atoms with E-state index in [9.17, 15) is 4.79 Å². The molecule has 0 aromatic carbocycles. The quantitative estimate of drug-likeness (QED) is 0.715. The number of hydrogen-bond acceptors (Lipinski definition) is 4. The number of carbonyl (C=O) groups excluding carboxylic acids is 1. The molecule has 2 saturated heterocycles. The maximum absolute atomic E-state index is 11.6. The normalized spacial score (nSPS) is 29.2. The van der Waals surface area contributed by atoms with E-state index < -0.39 is 0 Å². The molecule has 2 N–H and O–H groups in total. The molecule has 2 unspecified atom stereocenters. The van der Waals surface area contributed by atoms with Crippen molar-refractivity contribution in [3.05, 3.63) is 0 Å². The van der Waals surface area contributed by atoms with Crippen molar-refractivity contribution in [1.29, 1.82) is 0 Å². The Balaban J connectivity index is 1.53. The van der Waals surface area contributed by atoms with E-state index in [2.05, 4.69) is 10.6 Å². The second-order valence-corrected chi connectivity index (χ2v) is 4.70. The SMILES string of the molecule is O=C(CCC1CCCO1)NCC1COCCN1. The summed E-state index contributed by atoms with van der Waals surface area (Å²) in [5.74, 6) is 0.118. The molecule has 98 valence electrons. The average molecular weight is 242 g/mol. The zero-order valence-corrected chi connectivity index (χ0v) is 10.2. The van der Waals surface area contributed by atoms with Gasteiger partial charge in [0.1, 0.15) is 0 Å². The predicted molar refractivity (Wildman–Crippen MR) is 63.8 cm³/mol. The minimum atomic E-state index is 0.118. The van der Waals surface area contributed by atoms with Crippen molar-refractivity contribution < 1.29 is 14.3 Å². The molecule has 0 aromatic rings. The number of hydrogen-bond donors (Lipinski definition) is 2. The molecule has 0 saturated carbocycles. The molecular weight excluding hydrogens is 220 g/mol. The number of rotatable bonds is 5. The zero-order valence-electron chi connectivity index (χ0n) is 10.2. The van der Waals surface area contributed by atoms with Crippen molar-refractivity contribution in [3.63, 3.8) is 0 Å². The minimum Gasteiger partial charge on any atom is -0.378 e. The average Bonchev–Trinajstić information content (AvgIpc) is 2.88. The topological polar surface area (TPSA) is 59.6 Å². The molecule has 0 spiro atoms. The van der Waals surface area contributed by atoms with E-state index in [1.807, 2.05) is 0 Å². The Bertz CT molecular complexity index is 236. The molecule has 17 heavy (non-hydrogen) atoms. The summed E-state index contributed by atoms with van der Waals surface area (Å²) in [6, 6.07) is 0.260. The summed E-state index contributed by atoms with van der Waals surface area (Å²) < 4.78 is 10.8. The van der Waals surface area contributed by atoms with Crippen molar-refractivity contribution in [2.75, 3.05) is 32.9 Å². The molecule has 2 aliphatic rings. The van der Waals surface area contributed by atoms with Crippen LogP contribution >= 0.6 is 0 Å². The summed E-state index contributed by atoms with van der Waals surface area (Å²) in [4.78, 5) is 11.6. The molecule has 2 rings (SSSR count). The van der Waals surface area contributed by atoms with Crippen LogP contribution in [0.5, 0.6) is 0 Å². The van der Waals surface area contributed by atoms with Gasteiger partial charge in [-0.1, -0.05) is 0 Å². The molecule has 2 heterocycles. The van der Waals surface area contributed by atoms with E-state index in [4.69, 9.17) is 9.47 Å². The summed E-state index contributed by atoms with van der Waals surface area (Å²) in [5, 5.41) is 6.25. The number of amides is 1. The van der Waals surface area contributed by atoms with Gasteiger partial charge in [-0.2, -0.15) is 0 Å². The van der Waals surface area contributed by atoms with Crippen LogP contribution in [0.15, 0.2) is 0 Å². The van der Waals surface area contributed by atoms with Gasteiger partial charge in [0.15, 0.2) is 0 Å². The third-order valence-electron chi connectivity index (χ3n) is 3.26. The third kappa shape index (κ3) is 4.61. The van der Waals surface area contributed by atoms with Crippen molar-refractivity contribution in [3.8, 4) is 0 Å². The van der Waals surface area contributed by atoms with E-state index in [1.165, 1.54) is 0 Å². The van der Waals surface area contributed by atoms with Gasteiger partial charge in [0.05, 0.1) is 19.3 Å². The van der Waals surface area contributed by atoms with Crippen LogP contribution in [0.4, 0.5) is 0 Å². The Hall–Kier alpha value is -0.650. The van der Waals surface area contributed by atoms with Gasteiger partial charge in [-0.25, -0.2) is 0 Å². The number of nitrogens with one attached hydrogen (secondary N) is 2. The fourth-order valence-electron chi connectivity index (χ4n) is 2.24. The lowest BCUT2D eigenvalue weighted by Gasteiger charge is -2.24. The first-order valence-corrected chi connectivity index (χ1v) is 6.54. The highest BCUT2D eigenvalue weighted by Crippen LogP contribution is 2.16. The molecule has 5 nitrogen and oxygen atoms in total.